The molecular formula is C19H19N3O3. The average molecular weight is 337 g/mol. The highest BCUT2D eigenvalue weighted by atomic mass is 16.5. The summed E-state index contributed by atoms with van der Waals surface area (Å²) in [7, 11) is 0. The summed E-state index contributed by atoms with van der Waals surface area (Å²) in [5, 5.41) is 11.6. The van der Waals surface area contributed by atoms with Crippen LogP contribution in [0, 0.1) is 18.3 Å². The van der Waals surface area contributed by atoms with Crippen LogP contribution in [0.25, 0.3) is 0 Å². The zero-order chi connectivity index (χ0) is 18.0. The van der Waals surface area contributed by atoms with Gasteiger partial charge in [-0.2, -0.15) is 5.26 Å². The van der Waals surface area contributed by atoms with Crippen molar-refractivity contribution in [3.63, 3.8) is 0 Å². The minimum atomic E-state index is -0.327. The summed E-state index contributed by atoms with van der Waals surface area (Å²) in [6.07, 6.45) is 0.806. The Balaban J connectivity index is 1.64. The Bertz CT molecular complexity index is 869. The zero-order valence-corrected chi connectivity index (χ0v) is 14.4. The highest BCUT2D eigenvalue weighted by molar-refractivity contribution is 5.91. The minimum Gasteiger partial charge on any atom is -0.483 e. The van der Waals surface area contributed by atoms with Crippen molar-refractivity contribution in [3.8, 4) is 17.6 Å². The van der Waals surface area contributed by atoms with Gasteiger partial charge in [0.1, 0.15) is 17.5 Å². The molecule has 1 aromatic carbocycles. The number of amides is 1. The molecule has 0 fully saturated rings. The minimum absolute atomic E-state index is 0.152. The third kappa shape index (κ3) is 3.72. The Morgan fingerprint density at radius 1 is 1.40 bits per heavy atom. The fourth-order valence-electron chi connectivity index (χ4n) is 2.77. The molecule has 0 saturated heterocycles. The van der Waals surface area contributed by atoms with Gasteiger partial charge in [0, 0.05) is 12.0 Å². The Morgan fingerprint density at radius 3 is 2.92 bits per heavy atom. The third-order valence-electron chi connectivity index (χ3n) is 3.89. The van der Waals surface area contributed by atoms with Crippen LogP contribution in [0.15, 0.2) is 30.3 Å². The van der Waals surface area contributed by atoms with Crippen LogP contribution in [0.5, 0.6) is 11.5 Å². The summed E-state index contributed by atoms with van der Waals surface area (Å²) in [5.41, 5.74) is 1.85. The van der Waals surface area contributed by atoms with Gasteiger partial charge in [-0.05, 0) is 39.0 Å². The molecule has 2 heterocycles. The van der Waals surface area contributed by atoms with Gasteiger partial charge in [-0.25, -0.2) is 4.98 Å². The number of benzene rings is 1. The van der Waals surface area contributed by atoms with E-state index in [0.717, 1.165) is 12.0 Å². The Labute approximate surface area is 146 Å². The number of nitrogens with zero attached hydrogens (tertiary/aromatic N) is 2. The summed E-state index contributed by atoms with van der Waals surface area (Å²) in [4.78, 5) is 16.3. The van der Waals surface area contributed by atoms with E-state index in [1.165, 1.54) is 0 Å². The maximum atomic E-state index is 12.1. The summed E-state index contributed by atoms with van der Waals surface area (Å²) >= 11 is 0. The first-order valence-electron chi connectivity index (χ1n) is 7.99. The van der Waals surface area contributed by atoms with Crippen molar-refractivity contribution in [2.45, 2.75) is 32.8 Å². The molecule has 25 heavy (non-hydrogen) atoms. The van der Waals surface area contributed by atoms with E-state index in [9.17, 15) is 4.79 Å². The second-order valence-electron chi connectivity index (χ2n) is 6.56. The van der Waals surface area contributed by atoms with E-state index in [1.54, 1.807) is 25.1 Å². The predicted molar refractivity (Wildman–Crippen MR) is 92.7 cm³/mol. The van der Waals surface area contributed by atoms with Crippen molar-refractivity contribution in [2.75, 3.05) is 11.9 Å². The van der Waals surface area contributed by atoms with Crippen LogP contribution in [0.3, 0.4) is 0 Å². The van der Waals surface area contributed by atoms with Gasteiger partial charge in [-0.3, -0.25) is 4.79 Å². The molecule has 1 N–H and O–H groups in total. The molecule has 2 aromatic rings. The highest BCUT2D eigenvalue weighted by Crippen LogP contribution is 2.41. The van der Waals surface area contributed by atoms with E-state index in [-0.39, 0.29) is 18.1 Å². The van der Waals surface area contributed by atoms with Gasteiger partial charge < -0.3 is 14.8 Å². The van der Waals surface area contributed by atoms with Crippen molar-refractivity contribution in [3.05, 3.63) is 47.2 Å². The monoisotopic (exact) mass is 337 g/mol. The molecule has 0 aliphatic carbocycles. The average Bonchev–Trinajstić information content (AvgIpc) is 2.87. The molecular weight excluding hydrogens is 318 g/mol. The first-order valence-corrected chi connectivity index (χ1v) is 7.99. The van der Waals surface area contributed by atoms with Crippen LogP contribution < -0.4 is 14.8 Å². The fraction of sp³-hybridized carbons (Fsp3) is 0.316. The summed E-state index contributed by atoms with van der Waals surface area (Å²) in [5.74, 6) is 1.32. The van der Waals surface area contributed by atoms with Crippen molar-refractivity contribution >= 4 is 11.7 Å². The lowest BCUT2D eigenvalue weighted by Crippen LogP contribution is -2.25. The van der Waals surface area contributed by atoms with Crippen LogP contribution in [-0.4, -0.2) is 23.1 Å². The van der Waals surface area contributed by atoms with Crippen molar-refractivity contribution in [1.29, 1.82) is 5.26 Å². The standard InChI is InChI=1S/C19H19N3O3/c1-12-14(10-20)7-8-16(21-12)22-17(23)11-24-15-6-4-5-13-9-19(2,3)25-18(13)15/h4-8H,9,11H2,1-3H3,(H,21,22,23). The summed E-state index contributed by atoms with van der Waals surface area (Å²) < 4.78 is 11.6. The van der Waals surface area contributed by atoms with Gasteiger partial charge in [0.15, 0.2) is 18.1 Å². The molecule has 1 aromatic heterocycles. The van der Waals surface area contributed by atoms with Gasteiger partial charge in [-0.1, -0.05) is 12.1 Å². The number of carbonyl (C=O) groups excluding carboxylic acids is 1. The van der Waals surface area contributed by atoms with Crippen LogP contribution in [-0.2, 0) is 11.2 Å². The molecule has 1 amide bonds. The Kier molecular flexibility index (Phi) is 4.32. The first kappa shape index (κ1) is 16.8. The molecule has 0 unspecified atom stereocenters. The van der Waals surface area contributed by atoms with E-state index in [4.69, 9.17) is 14.7 Å². The molecule has 0 radical (unpaired) electrons. The van der Waals surface area contributed by atoms with Gasteiger partial charge >= 0.3 is 0 Å². The Hall–Kier alpha value is -3.07. The quantitative estimate of drug-likeness (QED) is 0.927. The maximum absolute atomic E-state index is 12.1. The lowest BCUT2D eigenvalue weighted by molar-refractivity contribution is -0.118. The number of hydrogen-bond acceptors (Lipinski definition) is 5. The number of ether oxygens (including phenoxy) is 2. The van der Waals surface area contributed by atoms with Gasteiger partial charge in [0.25, 0.3) is 5.91 Å². The van der Waals surface area contributed by atoms with Gasteiger partial charge in [-0.15, -0.1) is 0 Å². The van der Waals surface area contributed by atoms with Crippen LogP contribution in [0.4, 0.5) is 5.82 Å². The number of carbonyl (C=O) groups is 1. The molecule has 0 bridgehead atoms. The second kappa shape index (κ2) is 6.44. The zero-order valence-electron chi connectivity index (χ0n) is 14.4. The fourth-order valence-corrected chi connectivity index (χ4v) is 2.77. The number of nitrogens with one attached hydrogen (secondary N) is 1. The number of aromatic nitrogens is 1. The number of hydrogen-bond donors (Lipinski definition) is 1. The van der Waals surface area contributed by atoms with Gasteiger partial charge in [0.2, 0.25) is 0 Å². The molecule has 0 spiro atoms. The van der Waals surface area contributed by atoms with Crippen molar-refractivity contribution < 1.29 is 14.3 Å². The number of aryl methyl sites for hydroxylation is 1. The molecule has 0 saturated carbocycles. The SMILES string of the molecule is Cc1nc(NC(=O)COc2cccc3c2OC(C)(C)C3)ccc1C#N. The molecule has 0 atom stereocenters. The van der Waals surface area contributed by atoms with Crippen LogP contribution >= 0.6 is 0 Å². The summed E-state index contributed by atoms with van der Waals surface area (Å²) in [6.45, 7) is 5.60. The molecule has 6 heteroatoms. The smallest absolute Gasteiger partial charge is 0.263 e. The van der Waals surface area contributed by atoms with E-state index in [1.807, 2.05) is 32.0 Å². The number of para-hydroxylation sites is 1. The summed E-state index contributed by atoms with van der Waals surface area (Å²) in [6, 6.07) is 10.9. The molecule has 128 valence electrons. The third-order valence-corrected chi connectivity index (χ3v) is 3.89. The molecule has 1 aliphatic rings. The molecule has 6 nitrogen and oxygen atoms in total. The van der Waals surface area contributed by atoms with E-state index in [0.29, 0.717) is 28.6 Å². The number of rotatable bonds is 4. The largest absolute Gasteiger partial charge is 0.483 e. The van der Waals surface area contributed by atoms with E-state index >= 15 is 0 Å². The second-order valence-corrected chi connectivity index (χ2v) is 6.56. The number of anilines is 1. The predicted octanol–water partition coefficient (Wildman–Crippen LogP) is 2.99. The lowest BCUT2D eigenvalue weighted by atomic mass is 10.0. The number of pyridine rings is 1. The van der Waals surface area contributed by atoms with E-state index < -0.39 is 0 Å². The normalized spacial score (nSPS) is 14.2. The number of nitriles is 1. The Morgan fingerprint density at radius 2 is 2.20 bits per heavy atom. The van der Waals surface area contributed by atoms with Crippen molar-refractivity contribution in [2.24, 2.45) is 0 Å². The number of fused-ring (bicyclic) bond motifs is 1. The highest BCUT2D eigenvalue weighted by Gasteiger charge is 2.32. The molecule has 3 rings (SSSR count). The van der Waals surface area contributed by atoms with Crippen LogP contribution in [0.1, 0.15) is 30.7 Å². The lowest BCUT2D eigenvalue weighted by Gasteiger charge is -2.18. The topological polar surface area (TPSA) is 84.2 Å². The maximum Gasteiger partial charge on any atom is 0.263 e. The van der Waals surface area contributed by atoms with Crippen LogP contribution in [0.2, 0.25) is 0 Å². The van der Waals surface area contributed by atoms with Crippen molar-refractivity contribution in [1.82, 2.24) is 4.98 Å². The van der Waals surface area contributed by atoms with Gasteiger partial charge in [0.05, 0.1) is 11.3 Å². The van der Waals surface area contributed by atoms with E-state index in [2.05, 4.69) is 10.3 Å². The first-order chi connectivity index (χ1) is 11.9. The molecule has 1 aliphatic heterocycles.